The molecule has 1 heterocycles. The first-order valence-corrected chi connectivity index (χ1v) is 8.49. The van der Waals surface area contributed by atoms with E-state index in [0.717, 1.165) is 22.2 Å². The molecule has 124 valence electrons. The number of nitrogens with zero attached hydrogens (tertiary/aromatic N) is 1. The van der Waals surface area contributed by atoms with Gasteiger partial charge in [-0.05, 0) is 37.3 Å². The maximum Gasteiger partial charge on any atom is 0.310 e. The summed E-state index contributed by atoms with van der Waals surface area (Å²) in [6.07, 6.45) is 0.339. The molecule has 24 heavy (non-hydrogen) atoms. The maximum atomic E-state index is 11.6. The molecular weight excluding hydrogens is 345 g/mol. The largest absolute Gasteiger partial charge is 0.426 e. The Kier molecular flexibility index (Phi) is 4.83. The third-order valence-corrected chi connectivity index (χ3v) is 4.71. The molecule has 0 bridgehead atoms. The van der Waals surface area contributed by atoms with Crippen LogP contribution < -0.4 is 4.74 Å². The number of fused-ring (bicyclic) bond motifs is 1. The molecular formula is C19H17Cl2NO2. The summed E-state index contributed by atoms with van der Waals surface area (Å²) in [7, 11) is 0. The molecule has 0 unspecified atom stereocenters. The molecule has 0 radical (unpaired) electrons. The van der Waals surface area contributed by atoms with E-state index in [2.05, 4.69) is 4.57 Å². The maximum absolute atomic E-state index is 11.6. The van der Waals surface area contributed by atoms with Gasteiger partial charge >= 0.3 is 5.97 Å². The number of aromatic nitrogens is 1. The number of halogens is 2. The lowest BCUT2D eigenvalue weighted by Crippen LogP contribution is -2.06. The van der Waals surface area contributed by atoms with Crippen LogP contribution >= 0.6 is 23.2 Å². The highest BCUT2D eigenvalue weighted by Gasteiger charge is 2.14. The van der Waals surface area contributed by atoms with E-state index >= 15 is 0 Å². The number of hydrogen-bond acceptors (Lipinski definition) is 2. The van der Waals surface area contributed by atoms with E-state index in [1.807, 2.05) is 49.4 Å². The van der Waals surface area contributed by atoms with E-state index in [1.54, 1.807) is 6.92 Å². The molecule has 0 saturated heterocycles. The van der Waals surface area contributed by atoms with Crippen LogP contribution in [-0.2, 0) is 11.3 Å². The first kappa shape index (κ1) is 16.9. The van der Waals surface area contributed by atoms with Crippen molar-refractivity contribution in [3.63, 3.8) is 0 Å². The van der Waals surface area contributed by atoms with Gasteiger partial charge in [0, 0.05) is 33.1 Å². The zero-order valence-electron chi connectivity index (χ0n) is 13.5. The summed E-state index contributed by atoms with van der Waals surface area (Å²) < 4.78 is 7.56. The summed E-state index contributed by atoms with van der Waals surface area (Å²) in [5, 5.41) is 2.18. The monoisotopic (exact) mass is 361 g/mol. The quantitative estimate of drug-likeness (QED) is 0.446. The third-order valence-electron chi connectivity index (χ3n) is 4.00. The van der Waals surface area contributed by atoms with Crippen molar-refractivity contribution < 1.29 is 9.53 Å². The first-order valence-electron chi connectivity index (χ1n) is 7.73. The average molecular weight is 362 g/mol. The predicted molar refractivity (Wildman–Crippen MR) is 98.2 cm³/mol. The number of hydrogen-bond donors (Lipinski definition) is 0. The molecule has 0 amide bonds. The van der Waals surface area contributed by atoms with Crippen LogP contribution in [0.1, 0.15) is 24.6 Å². The minimum absolute atomic E-state index is 0.248. The van der Waals surface area contributed by atoms with Crippen LogP contribution in [-0.4, -0.2) is 10.5 Å². The Balaban J connectivity index is 2.08. The van der Waals surface area contributed by atoms with Gasteiger partial charge in [0.15, 0.2) is 0 Å². The number of ether oxygens (including phenoxy) is 1. The Hall–Kier alpha value is -1.97. The summed E-state index contributed by atoms with van der Waals surface area (Å²) in [5.74, 6) is 0.327. The molecule has 3 rings (SSSR count). The van der Waals surface area contributed by atoms with Gasteiger partial charge in [-0.3, -0.25) is 4.79 Å². The van der Waals surface area contributed by atoms with Crippen LogP contribution in [0.4, 0.5) is 0 Å². The second-order valence-corrected chi connectivity index (χ2v) is 6.40. The van der Waals surface area contributed by atoms with Gasteiger partial charge < -0.3 is 9.30 Å². The van der Waals surface area contributed by atoms with Crippen LogP contribution in [0.15, 0.2) is 42.5 Å². The average Bonchev–Trinajstić information content (AvgIpc) is 2.88. The molecule has 0 saturated carbocycles. The topological polar surface area (TPSA) is 31.2 Å². The molecule has 0 aliphatic heterocycles. The van der Waals surface area contributed by atoms with Gasteiger partial charge in [-0.15, -0.1) is 0 Å². The smallest absolute Gasteiger partial charge is 0.310 e. The summed E-state index contributed by atoms with van der Waals surface area (Å²) in [5.41, 5.74) is 2.89. The number of carbonyl (C=O) groups excluding carboxylic acids is 1. The van der Waals surface area contributed by atoms with E-state index in [4.69, 9.17) is 27.9 Å². The first-order chi connectivity index (χ1) is 11.5. The lowest BCUT2D eigenvalue weighted by atomic mass is 10.2. The van der Waals surface area contributed by atoms with Crippen LogP contribution in [0, 0.1) is 6.92 Å². The van der Waals surface area contributed by atoms with Crippen molar-refractivity contribution in [2.75, 3.05) is 0 Å². The molecule has 2 aromatic carbocycles. The van der Waals surface area contributed by atoms with E-state index in [9.17, 15) is 4.79 Å². The van der Waals surface area contributed by atoms with Crippen LogP contribution in [0.25, 0.3) is 10.9 Å². The van der Waals surface area contributed by atoms with Gasteiger partial charge in [0.1, 0.15) is 5.75 Å². The fourth-order valence-corrected chi connectivity index (χ4v) is 3.24. The lowest BCUT2D eigenvalue weighted by Gasteiger charge is -2.12. The Morgan fingerprint density at radius 2 is 1.79 bits per heavy atom. The van der Waals surface area contributed by atoms with E-state index in [-0.39, 0.29) is 5.97 Å². The number of carbonyl (C=O) groups is 1. The van der Waals surface area contributed by atoms with Crippen molar-refractivity contribution in [2.24, 2.45) is 0 Å². The Bertz CT molecular complexity index is 895. The highest BCUT2D eigenvalue weighted by Crippen LogP contribution is 2.32. The van der Waals surface area contributed by atoms with Crippen LogP contribution in [0.5, 0.6) is 5.75 Å². The molecule has 0 fully saturated rings. The van der Waals surface area contributed by atoms with Gasteiger partial charge in [-0.2, -0.15) is 0 Å². The number of esters is 1. The molecule has 3 nitrogen and oxygen atoms in total. The van der Waals surface area contributed by atoms with Gasteiger partial charge in [0.2, 0.25) is 0 Å². The fraction of sp³-hybridized carbons (Fsp3) is 0.211. The SMILES string of the molecule is CCC(=O)Oc1cccc2c1cc(C)n2Cc1c(Cl)cccc1Cl. The lowest BCUT2D eigenvalue weighted by molar-refractivity contribution is -0.133. The van der Waals surface area contributed by atoms with Gasteiger partial charge in [-0.1, -0.05) is 42.3 Å². The summed E-state index contributed by atoms with van der Waals surface area (Å²) in [6.45, 7) is 4.34. The van der Waals surface area contributed by atoms with Gasteiger partial charge in [0.25, 0.3) is 0 Å². The standard InChI is InChI=1S/C19H17Cl2NO2/c1-3-19(23)24-18-9-5-8-17-13(18)10-12(2)22(17)11-14-15(20)6-4-7-16(14)21/h4-10H,3,11H2,1-2H3. The minimum atomic E-state index is -0.248. The number of aryl methyl sites for hydroxylation is 1. The van der Waals surface area contributed by atoms with E-state index in [0.29, 0.717) is 28.8 Å². The van der Waals surface area contributed by atoms with Crippen molar-refractivity contribution in [2.45, 2.75) is 26.8 Å². The second-order valence-electron chi connectivity index (χ2n) is 5.59. The molecule has 3 aromatic rings. The summed E-state index contributed by atoms with van der Waals surface area (Å²) >= 11 is 12.6. The zero-order valence-corrected chi connectivity index (χ0v) is 15.0. The van der Waals surface area contributed by atoms with Crippen molar-refractivity contribution in [1.29, 1.82) is 0 Å². The van der Waals surface area contributed by atoms with E-state index in [1.165, 1.54) is 0 Å². The Morgan fingerprint density at radius 1 is 1.12 bits per heavy atom. The Morgan fingerprint density at radius 3 is 2.46 bits per heavy atom. The zero-order chi connectivity index (χ0) is 17.3. The molecule has 0 atom stereocenters. The van der Waals surface area contributed by atoms with Crippen LogP contribution in [0.2, 0.25) is 10.0 Å². The summed E-state index contributed by atoms with van der Waals surface area (Å²) in [4.78, 5) is 11.6. The van der Waals surface area contributed by atoms with Gasteiger partial charge in [-0.25, -0.2) is 0 Å². The van der Waals surface area contributed by atoms with Crippen molar-refractivity contribution in [1.82, 2.24) is 4.57 Å². The normalized spacial score (nSPS) is 11.0. The predicted octanol–water partition coefficient (Wildman–Crippen LogP) is 5.62. The molecule has 1 aromatic heterocycles. The van der Waals surface area contributed by atoms with Crippen molar-refractivity contribution >= 4 is 40.1 Å². The molecule has 5 heteroatoms. The third kappa shape index (κ3) is 3.14. The van der Waals surface area contributed by atoms with Gasteiger partial charge in [0.05, 0.1) is 12.1 Å². The fourth-order valence-electron chi connectivity index (χ4n) is 2.72. The number of benzene rings is 2. The van der Waals surface area contributed by atoms with E-state index < -0.39 is 0 Å². The number of rotatable bonds is 4. The Labute approximate surface area is 150 Å². The summed E-state index contributed by atoms with van der Waals surface area (Å²) in [6, 6.07) is 13.2. The minimum Gasteiger partial charge on any atom is -0.426 e. The van der Waals surface area contributed by atoms with Crippen LogP contribution in [0.3, 0.4) is 0 Å². The molecule has 0 aliphatic carbocycles. The second kappa shape index (κ2) is 6.88. The highest BCUT2D eigenvalue weighted by molar-refractivity contribution is 6.36. The van der Waals surface area contributed by atoms with Crippen molar-refractivity contribution in [3.05, 3.63) is 63.8 Å². The highest BCUT2D eigenvalue weighted by atomic mass is 35.5. The molecule has 0 aliphatic rings. The molecule has 0 N–H and O–H groups in total. The van der Waals surface area contributed by atoms with Crippen molar-refractivity contribution in [3.8, 4) is 5.75 Å². The molecule has 0 spiro atoms.